The Balaban J connectivity index is 1.50. The van der Waals surface area contributed by atoms with Crippen LogP contribution in [-0.2, 0) is 21.7 Å². The lowest BCUT2D eigenvalue weighted by atomic mass is 9.91. The smallest absolute Gasteiger partial charge is 0.325 e. The Morgan fingerprint density at radius 1 is 1.25 bits per heavy atom. The third-order valence-corrected chi connectivity index (χ3v) is 6.27. The molecule has 1 unspecified atom stereocenters. The Morgan fingerprint density at radius 3 is 2.57 bits per heavy atom. The second-order valence-corrected chi connectivity index (χ2v) is 8.68. The van der Waals surface area contributed by atoms with Crippen LogP contribution < -0.4 is 5.32 Å². The third-order valence-electron chi connectivity index (χ3n) is 5.41. The number of hydrogen-bond acceptors (Lipinski definition) is 4. The van der Waals surface area contributed by atoms with Gasteiger partial charge in [-0.1, -0.05) is 35.9 Å². The number of amides is 4. The number of benzene rings is 1. The van der Waals surface area contributed by atoms with E-state index in [0.29, 0.717) is 12.1 Å². The molecule has 7 heteroatoms. The molecular weight excluding hydrogens is 374 g/mol. The number of aryl methyl sites for hydroxylation is 1. The van der Waals surface area contributed by atoms with Crippen LogP contribution in [0.4, 0.5) is 4.79 Å². The Morgan fingerprint density at radius 2 is 1.96 bits per heavy atom. The predicted molar refractivity (Wildman–Crippen MR) is 107 cm³/mol. The maximum atomic E-state index is 13.1. The zero-order valence-corrected chi connectivity index (χ0v) is 16.8. The quantitative estimate of drug-likeness (QED) is 0.762. The molecule has 2 aliphatic rings. The largest absolute Gasteiger partial charge is 0.333 e. The number of hydrogen-bond donors (Lipinski definition) is 1. The summed E-state index contributed by atoms with van der Waals surface area (Å²) in [5.41, 5.74) is 0.636. The summed E-state index contributed by atoms with van der Waals surface area (Å²) < 4.78 is 0. The number of carbonyl (C=O) groups excluding carboxylic acids is 3. The molecule has 1 saturated carbocycles. The molecule has 1 N–H and O–H groups in total. The van der Waals surface area contributed by atoms with Gasteiger partial charge in [0.05, 0.1) is 6.54 Å². The van der Waals surface area contributed by atoms with E-state index >= 15 is 0 Å². The van der Waals surface area contributed by atoms with Gasteiger partial charge in [-0.3, -0.25) is 14.5 Å². The summed E-state index contributed by atoms with van der Waals surface area (Å²) in [6.07, 6.45) is 1.94. The molecule has 2 fully saturated rings. The van der Waals surface area contributed by atoms with Crippen molar-refractivity contribution in [1.82, 2.24) is 15.1 Å². The molecule has 0 bridgehead atoms. The summed E-state index contributed by atoms with van der Waals surface area (Å²) >= 11 is 1.60. The lowest BCUT2D eigenvalue weighted by molar-refractivity contribution is -0.139. The fraction of sp³-hybridized carbons (Fsp3) is 0.381. The first-order valence-electron chi connectivity index (χ1n) is 9.41. The van der Waals surface area contributed by atoms with Crippen molar-refractivity contribution in [2.75, 3.05) is 6.54 Å². The van der Waals surface area contributed by atoms with Gasteiger partial charge in [-0.2, -0.15) is 0 Å². The number of urea groups is 1. The lowest BCUT2D eigenvalue weighted by Crippen LogP contribution is -2.45. The topological polar surface area (TPSA) is 69.7 Å². The molecule has 6 nitrogen and oxygen atoms in total. The first-order chi connectivity index (χ1) is 13.4. The minimum Gasteiger partial charge on any atom is -0.333 e. The first kappa shape index (κ1) is 18.7. The molecule has 4 amide bonds. The number of thiophene rings is 1. The average molecular weight is 398 g/mol. The van der Waals surface area contributed by atoms with Crippen LogP contribution in [0.15, 0.2) is 41.8 Å². The van der Waals surface area contributed by atoms with Crippen LogP contribution in [0.25, 0.3) is 0 Å². The van der Waals surface area contributed by atoms with Gasteiger partial charge in [0.15, 0.2) is 0 Å². The molecule has 0 spiro atoms. The Labute approximate surface area is 168 Å². The molecule has 1 aliphatic heterocycles. The predicted octanol–water partition coefficient (Wildman–Crippen LogP) is 3.01. The highest BCUT2D eigenvalue weighted by atomic mass is 32.1. The molecule has 1 saturated heterocycles. The van der Waals surface area contributed by atoms with Gasteiger partial charge in [-0.25, -0.2) is 4.79 Å². The zero-order valence-electron chi connectivity index (χ0n) is 16.0. The van der Waals surface area contributed by atoms with E-state index in [0.717, 1.165) is 28.2 Å². The van der Waals surface area contributed by atoms with Crippen molar-refractivity contribution in [3.63, 3.8) is 0 Å². The maximum absolute atomic E-state index is 13.1. The van der Waals surface area contributed by atoms with Crippen molar-refractivity contribution in [3.8, 4) is 0 Å². The fourth-order valence-electron chi connectivity index (χ4n) is 3.53. The van der Waals surface area contributed by atoms with Gasteiger partial charge >= 0.3 is 6.03 Å². The van der Waals surface area contributed by atoms with Crippen LogP contribution in [0.5, 0.6) is 0 Å². The van der Waals surface area contributed by atoms with Gasteiger partial charge in [0.2, 0.25) is 5.91 Å². The molecule has 4 rings (SSSR count). The summed E-state index contributed by atoms with van der Waals surface area (Å²) in [6, 6.07) is 11.1. The fourth-order valence-corrected chi connectivity index (χ4v) is 4.23. The van der Waals surface area contributed by atoms with Gasteiger partial charge in [0, 0.05) is 10.9 Å². The van der Waals surface area contributed by atoms with E-state index in [1.165, 1.54) is 0 Å². The second-order valence-electron chi connectivity index (χ2n) is 7.64. The number of imide groups is 1. The SMILES string of the molecule is Cc1ccc(C2(C)NC(=O)N(CC(=O)N(Cc3cccs3)C3CC3)C2=O)cc1. The standard InChI is InChI=1S/C21H23N3O3S/c1-14-5-7-15(8-6-14)21(2)19(26)24(20(27)22-21)13-18(25)23(16-9-10-16)12-17-4-3-11-28-17/h3-8,11,16H,9-10,12-13H2,1-2H3,(H,22,27). The lowest BCUT2D eigenvalue weighted by Gasteiger charge is -2.25. The van der Waals surface area contributed by atoms with E-state index in [-0.39, 0.29) is 24.4 Å². The monoisotopic (exact) mass is 397 g/mol. The molecule has 2 heterocycles. The molecule has 1 aromatic carbocycles. The van der Waals surface area contributed by atoms with Gasteiger partial charge < -0.3 is 10.2 Å². The highest BCUT2D eigenvalue weighted by molar-refractivity contribution is 7.09. The molecular formula is C21H23N3O3S. The highest BCUT2D eigenvalue weighted by Gasteiger charge is 2.50. The maximum Gasteiger partial charge on any atom is 0.325 e. The van der Waals surface area contributed by atoms with E-state index < -0.39 is 11.6 Å². The Bertz CT molecular complexity index is 905. The second kappa shape index (κ2) is 7.05. The van der Waals surface area contributed by atoms with E-state index in [2.05, 4.69) is 5.32 Å². The van der Waals surface area contributed by atoms with Crippen LogP contribution in [-0.4, -0.2) is 40.2 Å². The van der Waals surface area contributed by atoms with Crippen LogP contribution in [0.1, 0.15) is 35.8 Å². The molecule has 2 aromatic rings. The number of nitrogens with zero attached hydrogens (tertiary/aromatic N) is 2. The van der Waals surface area contributed by atoms with Crippen LogP contribution >= 0.6 is 11.3 Å². The van der Waals surface area contributed by atoms with Crippen molar-refractivity contribution in [2.45, 2.75) is 44.8 Å². The van der Waals surface area contributed by atoms with E-state index in [4.69, 9.17) is 0 Å². The van der Waals surface area contributed by atoms with Crippen molar-refractivity contribution < 1.29 is 14.4 Å². The summed E-state index contributed by atoms with van der Waals surface area (Å²) in [5.74, 6) is -0.575. The summed E-state index contributed by atoms with van der Waals surface area (Å²) in [6.45, 7) is 3.95. The zero-order chi connectivity index (χ0) is 19.9. The first-order valence-corrected chi connectivity index (χ1v) is 10.3. The van der Waals surface area contributed by atoms with Gasteiger partial charge in [0.1, 0.15) is 12.1 Å². The number of carbonyl (C=O) groups is 3. The van der Waals surface area contributed by atoms with E-state index in [1.54, 1.807) is 23.2 Å². The number of rotatable bonds is 6. The van der Waals surface area contributed by atoms with Gasteiger partial charge in [-0.05, 0) is 43.7 Å². The highest BCUT2D eigenvalue weighted by Crippen LogP contribution is 2.31. The molecule has 0 radical (unpaired) electrons. The molecule has 28 heavy (non-hydrogen) atoms. The van der Waals surface area contributed by atoms with E-state index in [1.807, 2.05) is 48.7 Å². The van der Waals surface area contributed by atoms with E-state index in [9.17, 15) is 14.4 Å². The van der Waals surface area contributed by atoms with Crippen molar-refractivity contribution in [3.05, 3.63) is 57.8 Å². The Kier molecular flexibility index (Phi) is 4.71. The van der Waals surface area contributed by atoms with Crippen LogP contribution in [0.2, 0.25) is 0 Å². The molecule has 1 aromatic heterocycles. The van der Waals surface area contributed by atoms with Gasteiger partial charge in [-0.15, -0.1) is 11.3 Å². The summed E-state index contributed by atoms with van der Waals surface area (Å²) in [7, 11) is 0. The van der Waals surface area contributed by atoms with Crippen LogP contribution in [0, 0.1) is 6.92 Å². The van der Waals surface area contributed by atoms with Crippen molar-refractivity contribution in [2.24, 2.45) is 0 Å². The minimum atomic E-state index is -1.15. The average Bonchev–Trinajstić information content (AvgIpc) is 3.33. The molecule has 1 atom stereocenters. The summed E-state index contributed by atoms with van der Waals surface area (Å²) in [5, 5.41) is 4.75. The third kappa shape index (κ3) is 3.42. The normalized spacial score (nSPS) is 21.7. The Hall–Kier alpha value is -2.67. The summed E-state index contributed by atoms with van der Waals surface area (Å²) in [4.78, 5) is 42.5. The van der Waals surface area contributed by atoms with Crippen LogP contribution in [0.3, 0.4) is 0 Å². The van der Waals surface area contributed by atoms with Crippen molar-refractivity contribution >= 4 is 29.2 Å². The molecule has 146 valence electrons. The van der Waals surface area contributed by atoms with Gasteiger partial charge in [0.25, 0.3) is 5.91 Å². The minimum absolute atomic E-state index is 0.187. The van der Waals surface area contributed by atoms with Crippen molar-refractivity contribution in [1.29, 1.82) is 0 Å². The molecule has 1 aliphatic carbocycles. The number of nitrogens with one attached hydrogen (secondary N) is 1.